The molecule has 0 aliphatic carbocycles. The van der Waals surface area contributed by atoms with Crippen molar-refractivity contribution in [3.8, 4) is 5.82 Å². The minimum atomic E-state index is -0.501. The Morgan fingerprint density at radius 2 is 2.06 bits per heavy atom. The second-order valence-corrected chi connectivity index (χ2v) is 4.19. The molecule has 2 aromatic rings. The minimum Gasteiger partial charge on any atom is -0.389 e. The van der Waals surface area contributed by atoms with Crippen molar-refractivity contribution in [1.82, 2.24) is 19.7 Å². The molecule has 0 aliphatic heterocycles. The zero-order valence-corrected chi connectivity index (χ0v) is 11.0. The lowest BCUT2D eigenvalue weighted by Crippen LogP contribution is -2.05. The number of aromatic nitrogens is 4. The molecule has 18 heavy (non-hydrogen) atoms. The van der Waals surface area contributed by atoms with Crippen LogP contribution in [0.15, 0.2) is 18.3 Å². The van der Waals surface area contributed by atoms with Crippen LogP contribution in [0.25, 0.3) is 5.82 Å². The maximum atomic E-state index is 9.45. The van der Waals surface area contributed by atoms with Crippen molar-refractivity contribution in [3.63, 3.8) is 0 Å². The molecule has 0 aliphatic rings. The number of hydrogen-bond donors (Lipinski definition) is 1. The molecule has 0 amide bonds. The fraction of sp³-hybridized carbons (Fsp3) is 0.462. The molecule has 0 saturated carbocycles. The summed E-state index contributed by atoms with van der Waals surface area (Å²) < 4.78 is 1.77. The number of aryl methyl sites for hydroxylation is 2. The van der Waals surface area contributed by atoms with Gasteiger partial charge in [-0.05, 0) is 18.6 Å². The molecular weight excluding hydrogens is 228 g/mol. The van der Waals surface area contributed by atoms with Gasteiger partial charge >= 0.3 is 0 Å². The molecule has 2 heterocycles. The SMILES string of the molecule is CCc1nc(CC)n(-c2ccc([C@H](C)O)cn2)n1. The molecule has 96 valence electrons. The Morgan fingerprint density at radius 3 is 2.56 bits per heavy atom. The monoisotopic (exact) mass is 246 g/mol. The van der Waals surface area contributed by atoms with E-state index in [2.05, 4.69) is 15.1 Å². The number of aliphatic hydroxyl groups excluding tert-OH is 1. The van der Waals surface area contributed by atoms with E-state index >= 15 is 0 Å². The van der Waals surface area contributed by atoms with Gasteiger partial charge in [-0.15, -0.1) is 5.10 Å². The molecular formula is C13H18N4O. The molecule has 0 aromatic carbocycles. The van der Waals surface area contributed by atoms with Gasteiger partial charge in [-0.25, -0.2) is 9.97 Å². The lowest BCUT2D eigenvalue weighted by Gasteiger charge is -2.06. The largest absolute Gasteiger partial charge is 0.389 e. The Balaban J connectivity index is 2.38. The molecule has 1 atom stereocenters. The van der Waals surface area contributed by atoms with Crippen LogP contribution in [0.4, 0.5) is 0 Å². The maximum Gasteiger partial charge on any atom is 0.155 e. The number of rotatable bonds is 4. The summed E-state index contributed by atoms with van der Waals surface area (Å²) in [5, 5.41) is 13.9. The van der Waals surface area contributed by atoms with Crippen LogP contribution in [-0.2, 0) is 12.8 Å². The minimum absolute atomic E-state index is 0.501. The van der Waals surface area contributed by atoms with Gasteiger partial charge in [0.1, 0.15) is 5.82 Å². The molecule has 5 nitrogen and oxygen atoms in total. The van der Waals surface area contributed by atoms with E-state index in [0.29, 0.717) is 0 Å². The van der Waals surface area contributed by atoms with Gasteiger partial charge in [0.05, 0.1) is 6.10 Å². The predicted octanol–water partition coefficient (Wildman–Crippen LogP) is 1.84. The second-order valence-electron chi connectivity index (χ2n) is 4.19. The molecule has 0 radical (unpaired) electrons. The molecule has 0 fully saturated rings. The highest BCUT2D eigenvalue weighted by Crippen LogP contribution is 2.13. The van der Waals surface area contributed by atoms with Gasteiger partial charge in [0.25, 0.3) is 0 Å². The lowest BCUT2D eigenvalue weighted by molar-refractivity contribution is 0.199. The Bertz CT molecular complexity index is 516. The van der Waals surface area contributed by atoms with Crippen molar-refractivity contribution in [2.24, 2.45) is 0 Å². The Labute approximate surface area is 107 Å². The van der Waals surface area contributed by atoms with Gasteiger partial charge in [0, 0.05) is 19.0 Å². The molecule has 5 heteroatoms. The number of hydrogen-bond acceptors (Lipinski definition) is 4. The fourth-order valence-corrected chi connectivity index (χ4v) is 1.72. The Kier molecular flexibility index (Phi) is 3.72. The molecule has 0 saturated heterocycles. The molecule has 2 aromatic heterocycles. The first-order chi connectivity index (χ1) is 8.65. The van der Waals surface area contributed by atoms with Crippen LogP contribution in [0.3, 0.4) is 0 Å². The smallest absolute Gasteiger partial charge is 0.155 e. The normalized spacial score (nSPS) is 12.7. The van der Waals surface area contributed by atoms with Gasteiger partial charge in [-0.3, -0.25) is 0 Å². The van der Waals surface area contributed by atoms with Crippen LogP contribution in [0.5, 0.6) is 0 Å². The van der Waals surface area contributed by atoms with Gasteiger partial charge in [-0.1, -0.05) is 19.9 Å². The molecule has 0 unspecified atom stereocenters. The quantitative estimate of drug-likeness (QED) is 0.894. The van der Waals surface area contributed by atoms with Gasteiger partial charge < -0.3 is 5.11 Å². The Morgan fingerprint density at radius 1 is 1.28 bits per heavy atom. The van der Waals surface area contributed by atoms with Crippen molar-refractivity contribution >= 4 is 0 Å². The molecule has 2 rings (SSSR count). The number of pyridine rings is 1. The average Bonchev–Trinajstić information content (AvgIpc) is 2.82. The van der Waals surface area contributed by atoms with Crippen LogP contribution < -0.4 is 0 Å². The predicted molar refractivity (Wildman–Crippen MR) is 68.5 cm³/mol. The molecule has 1 N–H and O–H groups in total. The zero-order chi connectivity index (χ0) is 13.1. The molecule has 0 spiro atoms. The van der Waals surface area contributed by atoms with E-state index in [0.717, 1.165) is 35.9 Å². The summed E-state index contributed by atoms with van der Waals surface area (Å²) in [6, 6.07) is 3.72. The number of aliphatic hydroxyl groups is 1. The van der Waals surface area contributed by atoms with Crippen molar-refractivity contribution in [2.45, 2.75) is 39.7 Å². The van der Waals surface area contributed by atoms with E-state index in [9.17, 15) is 5.11 Å². The third kappa shape index (κ3) is 2.41. The second kappa shape index (κ2) is 5.27. The standard InChI is InChI=1S/C13H18N4O/c1-4-11-15-12(5-2)17(16-11)13-7-6-10(8-14-13)9(3)18/h6-9,18H,4-5H2,1-3H3/t9-/m0/s1. The summed E-state index contributed by atoms with van der Waals surface area (Å²) in [4.78, 5) is 8.77. The summed E-state index contributed by atoms with van der Waals surface area (Å²) in [5.74, 6) is 2.47. The third-order valence-electron chi connectivity index (χ3n) is 2.82. The maximum absolute atomic E-state index is 9.45. The van der Waals surface area contributed by atoms with E-state index in [-0.39, 0.29) is 0 Å². The first-order valence-electron chi connectivity index (χ1n) is 6.24. The summed E-state index contributed by atoms with van der Waals surface area (Å²) in [5.41, 5.74) is 0.799. The van der Waals surface area contributed by atoms with Crippen LogP contribution >= 0.6 is 0 Å². The van der Waals surface area contributed by atoms with E-state index in [1.54, 1.807) is 17.8 Å². The summed E-state index contributed by atoms with van der Waals surface area (Å²) in [7, 11) is 0. The highest BCUT2D eigenvalue weighted by molar-refractivity contribution is 5.26. The first kappa shape index (κ1) is 12.7. The van der Waals surface area contributed by atoms with Gasteiger partial charge in [0.2, 0.25) is 0 Å². The highest BCUT2D eigenvalue weighted by Gasteiger charge is 2.10. The first-order valence-corrected chi connectivity index (χ1v) is 6.24. The van der Waals surface area contributed by atoms with E-state index < -0.39 is 6.10 Å². The van der Waals surface area contributed by atoms with E-state index in [1.165, 1.54) is 0 Å². The Hall–Kier alpha value is -1.75. The van der Waals surface area contributed by atoms with E-state index in [1.807, 2.05) is 26.0 Å². The van der Waals surface area contributed by atoms with Crippen molar-refractivity contribution in [2.75, 3.05) is 0 Å². The lowest BCUT2D eigenvalue weighted by atomic mass is 10.2. The highest BCUT2D eigenvalue weighted by atomic mass is 16.3. The van der Waals surface area contributed by atoms with E-state index in [4.69, 9.17) is 0 Å². The summed E-state index contributed by atoms with van der Waals surface area (Å²) in [6.07, 6.45) is 2.80. The fourth-order valence-electron chi connectivity index (χ4n) is 1.72. The van der Waals surface area contributed by atoms with Crippen molar-refractivity contribution < 1.29 is 5.11 Å². The van der Waals surface area contributed by atoms with Gasteiger partial charge in [0.15, 0.2) is 11.6 Å². The third-order valence-corrected chi connectivity index (χ3v) is 2.82. The average molecular weight is 246 g/mol. The van der Waals surface area contributed by atoms with Crippen molar-refractivity contribution in [3.05, 3.63) is 35.5 Å². The van der Waals surface area contributed by atoms with Crippen LogP contribution in [0.1, 0.15) is 44.1 Å². The van der Waals surface area contributed by atoms with Crippen molar-refractivity contribution in [1.29, 1.82) is 0 Å². The summed E-state index contributed by atoms with van der Waals surface area (Å²) >= 11 is 0. The number of nitrogens with zero attached hydrogens (tertiary/aromatic N) is 4. The van der Waals surface area contributed by atoms with Crippen LogP contribution in [0.2, 0.25) is 0 Å². The zero-order valence-electron chi connectivity index (χ0n) is 11.0. The van der Waals surface area contributed by atoms with Gasteiger partial charge in [-0.2, -0.15) is 4.68 Å². The molecule has 0 bridgehead atoms. The van der Waals surface area contributed by atoms with Crippen LogP contribution in [-0.4, -0.2) is 24.9 Å². The topological polar surface area (TPSA) is 63.8 Å². The summed E-state index contributed by atoms with van der Waals surface area (Å²) in [6.45, 7) is 5.80. The van der Waals surface area contributed by atoms with Crippen LogP contribution in [0, 0.1) is 0 Å².